The number of nitrogens with two attached hydrogens (primary N) is 1. The van der Waals surface area contributed by atoms with Crippen LogP contribution in [0, 0.1) is 5.41 Å². The predicted molar refractivity (Wildman–Crippen MR) is 62.5 cm³/mol. The molecule has 0 aromatic carbocycles. The van der Waals surface area contributed by atoms with E-state index < -0.39 is 0 Å². The van der Waals surface area contributed by atoms with Gasteiger partial charge in [-0.1, -0.05) is 20.3 Å². The summed E-state index contributed by atoms with van der Waals surface area (Å²) >= 11 is 0. The molecule has 1 fully saturated rings. The summed E-state index contributed by atoms with van der Waals surface area (Å²) in [4.78, 5) is 13.7. The molecule has 2 atom stereocenters. The van der Waals surface area contributed by atoms with Gasteiger partial charge in [0.2, 0.25) is 5.91 Å². The molecule has 0 spiro atoms. The quantitative estimate of drug-likeness (QED) is 0.775. The molecule has 1 amide bonds. The molecule has 0 bridgehead atoms. The molecule has 1 unspecified atom stereocenters. The van der Waals surface area contributed by atoms with Gasteiger partial charge >= 0.3 is 0 Å². The van der Waals surface area contributed by atoms with Gasteiger partial charge in [0.15, 0.2) is 0 Å². The Morgan fingerprint density at radius 3 is 2.80 bits per heavy atom. The molecule has 2 N–H and O–H groups in total. The first-order chi connectivity index (χ1) is 6.98. The average molecular weight is 212 g/mol. The van der Waals surface area contributed by atoms with Crippen LogP contribution < -0.4 is 5.73 Å². The predicted octanol–water partition coefficient (Wildman–Crippen LogP) is 1.76. The standard InChI is InChI=1S/C12H24N2O/c1-4-6-12(3)7-5-8-14(9-12)11(15)10(2)13/h10H,4-9,13H2,1-3H3/t10-,12?/m1/s1. The van der Waals surface area contributed by atoms with Crippen LogP contribution >= 0.6 is 0 Å². The maximum Gasteiger partial charge on any atom is 0.239 e. The van der Waals surface area contributed by atoms with Crippen LogP contribution in [0.5, 0.6) is 0 Å². The van der Waals surface area contributed by atoms with E-state index in [0.717, 1.165) is 19.5 Å². The summed E-state index contributed by atoms with van der Waals surface area (Å²) < 4.78 is 0. The lowest BCUT2D eigenvalue weighted by molar-refractivity contribution is -0.135. The number of amides is 1. The highest BCUT2D eigenvalue weighted by Gasteiger charge is 2.32. The van der Waals surface area contributed by atoms with Crippen LogP contribution in [0.15, 0.2) is 0 Å². The van der Waals surface area contributed by atoms with Crippen molar-refractivity contribution in [3.8, 4) is 0 Å². The molecule has 0 aliphatic carbocycles. The van der Waals surface area contributed by atoms with Crippen LogP contribution in [0.25, 0.3) is 0 Å². The van der Waals surface area contributed by atoms with Crippen molar-refractivity contribution in [1.82, 2.24) is 4.90 Å². The molecule has 1 rings (SSSR count). The average Bonchev–Trinajstić information content (AvgIpc) is 2.16. The number of carbonyl (C=O) groups excluding carboxylic acids is 1. The Morgan fingerprint density at radius 2 is 2.27 bits per heavy atom. The van der Waals surface area contributed by atoms with E-state index in [0.29, 0.717) is 5.41 Å². The molecule has 0 radical (unpaired) electrons. The second-order valence-electron chi connectivity index (χ2n) is 5.21. The van der Waals surface area contributed by atoms with Crippen LogP contribution in [-0.2, 0) is 4.79 Å². The highest BCUT2D eigenvalue weighted by molar-refractivity contribution is 5.81. The fraction of sp³-hybridized carbons (Fsp3) is 0.917. The molecule has 88 valence electrons. The van der Waals surface area contributed by atoms with E-state index in [9.17, 15) is 4.79 Å². The first-order valence-corrected chi connectivity index (χ1v) is 6.03. The third-order valence-corrected chi connectivity index (χ3v) is 3.34. The number of rotatable bonds is 3. The smallest absolute Gasteiger partial charge is 0.239 e. The molecular formula is C12H24N2O. The summed E-state index contributed by atoms with van der Waals surface area (Å²) in [5, 5.41) is 0. The normalized spacial score (nSPS) is 28.9. The summed E-state index contributed by atoms with van der Waals surface area (Å²) in [6.07, 6.45) is 4.75. The molecule has 0 aromatic rings. The second-order valence-corrected chi connectivity index (χ2v) is 5.21. The van der Waals surface area contributed by atoms with Crippen molar-refractivity contribution in [3.63, 3.8) is 0 Å². The SMILES string of the molecule is CCCC1(C)CCCN(C(=O)[C@@H](C)N)C1. The van der Waals surface area contributed by atoms with Crippen molar-refractivity contribution < 1.29 is 4.79 Å². The lowest BCUT2D eigenvalue weighted by Crippen LogP contribution is -2.49. The van der Waals surface area contributed by atoms with Crippen LogP contribution in [-0.4, -0.2) is 29.9 Å². The van der Waals surface area contributed by atoms with Crippen molar-refractivity contribution in [2.24, 2.45) is 11.1 Å². The van der Waals surface area contributed by atoms with Crippen molar-refractivity contribution >= 4 is 5.91 Å². The zero-order valence-electron chi connectivity index (χ0n) is 10.3. The van der Waals surface area contributed by atoms with Crippen LogP contribution in [0.4, 0.5) is 0 Å². The highest BCUT2D eigenvalue weighted by Crippen LogP contribution is 2.33. The van der Waals surface area contributed by atoms with Crippen LogP contribution in [0.3, 0.4) is 0 Å². The van der Waals surface area contributed by atoms with Crippen molar-refractivity contribution in [3.05, 3.63) is 0 Å². The Morgan fingerprint density at radius 1 is 1.60 bits per heavy atom. The van der Waals surface area contributed by atoms with Gasteiger partial charge in [0.1, 0.15) is 0 Å². The lowest BCUT2D eigenvalue weighted by Gasteiger charge is -2.41. The van der Waals surface area contributed by atoms with Gasteiger partial charge in [-0.3, -0.25) is 4.79 Å². The minimum absolute atomic E-state index is 0.108. The molecule has 1 aliphatic heterocycles. The monoisotopic (exact) mass is 212 g/mol. The van der Waals surface area contributed by atoms with Crippen molar-refractivity contribution in [2.45, 2.75) is 52.5 Å². The Bertz CT molecular complexity index is 224. The molecule has 3 heteroatoms. The summed E-state index contributed by atoms with van der Waals surface area (Å²) in [5.41, 5.74) is 5.96. The minimum Gasteiger partial charge on any atom is -0.341 e. The fourth-order valence-corrected chi connectivity index (χ4v) is 2.60. The summed E-state index contributed by atoms with van der Waals surface area (Å²) in [7, 11) is 0. The van der Waals surface area contributed by atoms with Gasteiger partial charge in [0.25, 0.3) is 0 Å². The minimum atomic E-state index is -0.353. The fourth-order valence-electron chi connectivity index (χ4n) is 2.60. The summed E-state index contributed by atoms with van der Waals surface area (Å²) in [5.74, 6) is 0.108. The van der Waals surface area contributed by atoms with Gasteiger partial charge in [-0.25, -0.2) is 0 Å². The Balaban J connectivity index is 2.59. The summed E-state index contributed by atoms with van der Waals surface area (Å²) in [6, 6.07) is -0.353. The van der Waals surface area contributed by atoms with Gasteiger partial charge in [-0.15, -0.1) is 0 Å². The highest BCUT2D eigenvalue weighted by atomic mass is 16.2. The van der Waals surface area contributed by atoms with E-state index in [1.165, 1.54) is 19.3 Å². The van der Waals surface area contributed by atoms with E-state index in [1.54, 1.807) is 6.92 Å². The molecule has 0 saturated carbocycles. The Hall–Kier alpha value is -0.570. The zero-order valence-corrected chi connectivity index (χ0v) is 10.3. The number of hydrogen-bond acceptors (Lipinski definition) is 2. The largest absolute Gasteiger partial charge is 0.341 e. The molecule has 3 nitrogen and oxygen atoms in total. The maximum atomic E-state index is 11.8. The van der Waals surface area contributed by atoms with E-state index in [1.807, 2.05) is 4.90 Å². The van der Waals surface area contributed by atoms with Crippen LogP contribution in [0.1, 0.15) is 46.5 Å². The second kappa shape index (κ2) is 4.97. The van der Waals surface area contributed by atoms with E-state index in [4.69, 9.17) is 5.73 Å². The van der Waals surface area contributed by atoms with Crippen molar-refractivity contribution in [2.75, 3.05) is 13.1 Å². The number of hydrogen-bond donors (Lipinski definition) is 1. The lowest BCUT2D eigenvalue weighted by atomic mass is 9.78. The number of nitrogens with zero attached hydrogens (tertiary/aromatic N) is 1. The molecular weight excluding hydrogens is 188 g/mol. The zero-order chi connectivity index (χ0) is 11.5. The Kier molecular flexibility index (Phi) is 4.14. The van der Waals surface area contributed by atoms with Gasteiger partial charge in [-0.2, -0.15) is 0 Å². The summed E-state index contributed by atoms with van der Waals surface area (Å²) in [6.45, 7) is 8.05. The van der Waals surface area contributed by atoms with Gasteiger partial charge < -0.3 is 10.6 Å². The first-order valence-electron chi connectivity index (χ1n) is 6.03. The Labute approximate surface area is 93.0 Å². The number of carbonyl (C=O) groups is 1. The van der Waals surface area contributed by atoms with E-state index in [2.05, 4.69) is 13.8 Å². The van der Waals surface area contributed by atoms with Gasteiger partial charge in [0.05, 0.1) is 6.04 Å². The van der Waals surface area contributed by atoms with E-state index in [-0.39, 0.29) is 11.9 Å². The third-order valence-electron chi connectivity index (χ3n) is 3.34. The topological polar surface area (TPSA) is 46.3 Å². The maximum absolute atomic E-state index is 11.8. The first kappa shape index (κ1) is 12.5. The molecule has 0 aromatic heterocycles. The van der Waals surface area contributed by atoms with Gasteiger partial charge in [0, 0.05) is 13.1 Å². The van der Waals surface area contributed by atoms with Crippen molar-refractivity contribution in [1.29, 1.82) is 0 Å². The molecule has 15 heavy (non-hydrogen) atoms. The number of piperidine rings is 1. The van der Waals surface area contributed by atoms with Crippen LogP contribution in [0.2, 0.25) is 0 Å². The molecule has 1 aliphatic rings. The molecule has 1 heterocycles. The molecule has 1 saturated heterocycles. The van der Waals surface area contributed by atoms with Gasteiger partial charge in [-0.05, 0) is 31.6 Å². The number of likely N-dealkylation sites (tertiary alicyclic amines) is 1. The van der Waals surface area contributed by atoms with E-state index >= 15 is 0 Å². The third kappa shape index (κ3) is 3.20.